The second-order valence-electron chi connectivity index (χ2n) is 20.9. The summed E-state index contributed by atoms with van der Waals surface area (Å²) >= 11 is 0. The first-order valence-corrected chi connectivity index (χ1v) is 27.0. The number of likely N-dealkylation sites (N-methyl/N-ethyl adjacent to an activating group) is 2. The summed E-state index contributed by atoms with van der Waals surface area (Å²) in [5, 5.41) is 40.0. The van der Waals surface area contributed by atoms with Crippen molar-refractivity contribution in [3.05, 3.63) is 137 Å². The van der Waals surface area contributed by atoms with E-state index in [0.29, 0.717) is 107 Å². The number of hydrogen-bond acceptors (Lipinski definition) is 15. The van der Waals surface area contributed by atoms with E-state index in [-0.39, 0.29) is 23.9 Å². The summed E-state index contributed by atoms with van der Waals surface area (Å²) in [6.07, 6.45) is 17.3. The molecule has 4 aliphatic rings. The first-order chi connectivity index (χ1) is 38.4. The first-order valence-electron chi connectivity index (χ1n) is 27.0. The number of carbonyl (C=O) groups is 2. The van der Waals surface area contributed by atoms with Crippen molar-refractivity contribution in [3.63, 3.8) is 0 Å². The van der Waals surface area contributed by atoms with Crippen LogP contribution in [0.4, 0.5) is 11.6 Å². The fourth-order valence-electron chi connectivity index (χ4n) is 9.98. The number of nitrogens with one attached hydrogen (secondary N) is 3. The Morgan fingerprint density at radius 2 is 1.23 bits per heavy atom. The van der Waals surface area contributed by atoms with Crippen molar-refractivity contribution >= 4 is 45.5 Å². The molecule has 0 bridgehead atoms. The molecule has 7 aromatic rings. The summed E-state index contributed by atoms with van der Waals surface area (Å²) in [7, 11) is 5.85. The monoisotopic (exact) mass is 1060 g/mol. The highest BCUT2D eigenvalue weighted by Crippen LogP contribution is 2.38. The highest BCUT2D eigenvalue weighted by molar-refractivity contribution is 5.95. The van der Waals surface area contributed by atoms with Gasteiger partial charge in [-0.05, 0) is 120 Å². The molecule has 2 amide bonds. The Labute approximate surface area is 460 Å². The molecule has 0 spiro atoms. The van der Waals surface area contributed by atoms with Gasteiger partial charge >= 0.3 is 0 Å². The van der Waals surface area contributed by atoms with Crippen LogP contribution in [0.25, 0.3) is 22.1 Å². The van der Waals surface area contributed by atoms with E-state index in [1.54, 1.807) is 55.9 Å². The van der Waals surface area contributed by atoms with E-state index < -0.39 is 0 Å². The minimum atomic E-state index is 0.0103. The number of methoxy groups -OCH3 is 1. The Balaban J connectivity index is 0.000000183. The molecular formula is C60H66N14O5. The average molecular weight is 1060 g/mol. The second kappa shape index (κ2) is 24.3. The number of likely N-dealkylation sites (tertiary alicyclic amines) is 2. The Kier molecular flexibility index (Phi) is 16.5. The molecule has 4 aromatic heterocycles. The molecule has 2 aliphatic carbocycles. The first kappa shape index (κ1) is 53.6. The van der Waals surface area contributed by atoms with Crippen LogP contribution in [0.3, 0.4) is 0 Å². The maximum Gasteiger partial charge on any atom is 0.246 e. The van der Waals surface area contributed by atoms with Gasteiger partial charge in [0, 0.05) is 100 Å². The molecule has 2 saturated heterocycles. The van der Waals surface area contributed by atoms with E-state index in [4.69, 9.17) is 19.3 Å². The van der Waals surface area contributed by atoms with Crippen LogP contribution in [-0.2, 0) is 16.1 Å². The number of anilines is 2. The van der Waals surface area contributed by atoms with Gasteiger partial charge in [-0.2, -0.15) is 20.7 Å². The number of rotatable bonds is 19. The largest absolute Gasteiger partial charge is 0.497 e. The lowest BCUT2D eigenvalue weighted by Crippen LogP contribution is -2.30. The van der Waals surface area contributed by atoms with E-state index in [1.165, 1.54) is 25.7 Å². The number of benzene rings is 3. The number of aryl methyl sites for hydroxylation is 2. The minimum Gasteiger partial charge on any atom is -0.497 e. The molecule has 79 heavy (non-hydrogen) atoms. The Morgan fingerprint density at radius 3 is 1.76 bits per heavy atom. The van der Waals surface area contributed by atoms with Gasteiger partial charge in [0.1, 0.15) is 51.7 Å². The molecular weight excluding hydrogens is 997 g/mol. The van der Waals surface area contributed by atoms with Crippen molar-refractivity contribution in [2.75, 3.05) is 71.1 Å². The lowest BCUT2D eigenvalue weighted by Gasteiger charge is -2.16. The number of fused-ring (bicyclic) bond motifs is 2. The molecule has 2 saturated carbocycles. The average Bonchev–Trinajstić information content (AvgIpc) is 4.45. The Bertz CT molecular complexity index is 3480. The summed E-state index contributed by atoms with van der Waals surface area (Å²) in [5.74, 6) is 4.16. The highest BCUT2D eigenvalue weighted by atomic mass is 16.5. The second-order valence-corrected chi connectivity index (χ2v) is 20.9. The van der Waals surface area contributed by atoms with Crippen LogP contribution in [0.1, 0.15) is 66.3 Å². The molecule has 2 atom stereocenters. The topological polar surface area (TPSA) is 219 Å². The van der Waals surface area contributed by atoms with Crippen LogP contribution in [0.15, 0.2) is 109 Å². The van der Waals surface area contributed by atoms with Gasteiger partial charge in [-0.1, -0.05) is 36.4 Å². The third-order valence-corrected chi connectivity index (χ3v) is 14.8. The molecule has 19 heteroatoms. The molecule has 6 heterocycles. The van der Waals surface area contributed by atoms with Gasteiger partial charge in [0.2, 0.25) is 11.8 Å². The third-order valence-electron chi connectivity index (χ3n) is 14.8. The van der Waals surface area contributed by atoms with Gasteiger partial charge in [-0.3, -0.25) is 24.5 Å². The smallest absolute Gasteiger partial charge is 0.246 e. The molecule has 406 valence electrons. The number of carbonyl (C=O) groups excluding carboxylic acids is 2. The standard InChI is InChI=1S/C34H37N7O3.C26H29N7O2/c1-23-6-13-29(25(19-23)20-35)44-30-14-16-36-34-32(30)33(38-41(34)21-24-7-11-28(43-3)12-8-24)37-26-15-18-40(22-26)31(42)5-4-17-39(2)27-9-10-27;1-17-5-8-21(18(14-17)15-27)35-22-9-11-28-25-24(22)26(31-30-25)29-19-10-13-33(16-19)23(34)4-3-12-32(2)20-6-7-20/h4-8,11-14,16,19,26-27H,9-10,15,17-18,21-22H2,1-3H3,(H,37,38);3-5,8-9,11,14,19-20H,6-7,10,12-13,16H2,1-2H3,(H2,28,29,30,31)/b5-4+;4-3+/t26-;19-/m11/s1. The number of nitrogens with zero attached hydrogens (tertiary/aromatic N) is 11. The fourth-order valence-corrected chi connectivity index (χ4v) is 9.98. The molecule has 11 rings (SSSR count). The molecule has 2 aliphatic heterocycles. The Morgan fingerprint density at radius 1 is 0.696 bits per heavy atom. The van der Waals surface area contributed by atoms with E-state index in [0.717, 1.165) is 53.8 Å². The van der Waals surface area contributed by atoms with Crippen LogP contribution in [0.2, 0.25) is 0 Å². The molecule has 3 N–H and O–H groups in total. The van der Waals surface area contributed by atoms with Gasteiger partial charge in [0.05, 0.1) is 24.8 Å². The quantitative estimate of drug-likeness (QED) is 0.0645. The lowest BCUT2D eigenvalue weighted by molar-refractivity contribution is -0.125. The van der Waals surface area contributed by atoms with Crippen molar-refractivity contribution in [3.8, 4) is 40.9 Å². The number of aromatic amines is 1. The number of nitriles is 2. The van der Waals surface area contributed by atoms with Gasteiger partial charge in [-0.15, -0.1) is 0 Å². The van der Waals surface area contributed by atoms with Crippen molar-refractivity contribution in [1.29, 1.82) is 10.5 Å². The minimum absolute atomic E-state index is 0.0103. The normalized spacial score (nSPS) is 17.1. The number of amides is 2. The molecule has 19 nitrogen and oxygen atoms in total. The molecule has 0 radical (unpaired) electrons. The van der Waals surface area contributed by atoms with E-state index in [9.17, 15) is 20.1 Å². The van der Waals surface area contributed by atoms with Crippen molar-refractivity contribution in [2.24, 2.45) is 0 Å². The van der Waals surface area contributed by atoms with Crippen LogP contribution < -0.4 is 24.8 Å². The van der Waals surface area contributed by atoms with Gasteiger partial charge < -0.3 is 34.6 Å². The van der Waals surface area contributed by atoms with E-state index >= 15 is 0 Å². The Hall–Kier alpha value is -8.78. The van der Waals surface area contributed by atoms with Crippen LogP contribution in [0.5, 0.6) is 28.7 Å². The third kappa shape index (κ3) is 13.2. The molecule has 0 unspecified atom stereocenters. The summed E-state index contributed by atoms with van der Waals surface area (Å²) in [6.45, 7) is 8.48. The van der Waals surface area contributed by atoms with Gasteiger partial charge in [-0.25, -0.2) is 14.6 Å². The number of H-pyrrole nitrogens is 1. The van der Waals surface area contributed by atoms with E-state index in [2.05, 4.69) is 66.8 Å². The summed E-state index contributed by atoms with van der Waals surface area (Å²) in [5.41, 5.74) is 5.17. The lowest BCUT2D eigenvalue weighted by atomic mass is 10.1. The maximum atomic E-state index is 12.9. The fraction of sp³-hybridized carbons (Fsp3) is 0.367. The molecule has 4 fully saturated rings. The summed E-state index contributed by atoms with van der Waals surface area (Å²) in [6, 6.07) is 28.3. The highest BCUT2D eigenvalue weighted by Gasteiger charge is 2.30. The number of hydrogen-bond donors (Lipinski definition) is 3. The van der Waals surface area contributed by atoms with Crippen LogP contribution in [0, 0.1) is 36.5 Å². The number of aromatic nitrogens is 6. The van der Waals surface area contributed by atoms with Gasteiger partial charge in [0.25, 0.3) is 0 Å². The zero-order chi connectivity index (χ0) is 55.0. The summed E-state index contributed by atoms with van der Waals surface area (Å²) in [4.78, 5) is 42.9. The van der Waals surface area contributed by atoms with Crippen LogP contribution >= 0.6 is 0 Å². The SMILES string of the molecule is COc1ccc(Cn2nc(N[C@@H]3CCN(C(=O)/C=C/CN(C)C4CC4)C3)c3c(Oc4ccc(C)cc4C#N)ccnc32)cc1.Cc1ccc(Oc2ccnc3[nH]nc(N[C@@H]4CCN(C(=O)/C=C/CN(C)C5CC5)C4)c23)c(C#N)c1. The zero-order valence-electron chi connectivity index (χ0n) is 45.4. The maximum absolute atomic E-state index is 12.9. The zero-order valence-corrected chi connectivity index (χ0v) is 45.4. The van der Waals surface area contributed by atoms with Crippen molar-refractivity contribution in [1.82, 2.24) is 49.5 Å². The predicted octanol–water partition coefficient (Wildman–Crippen LogP) is 8.72. The van der Waals surface area contributed by atoms with Crippen molar-refractivity contribution < 1.29 is 23.8 Å². The predicted molar refractivity (Wildman–Crippen MR) is 302 cm³/mol. The summed E-state index contributed by atoms with van der Waals surface area (Å²) < 4.78 is 19.7. The van der Waals surface area contributed by atoms with Gasteiger partial charge in [0.15, 0.2) is 22.9 Å². The van der Waals surface area contributed by atoms with E-state index in [1.807, 2.05) is 89.0 Å². The molecule has 3 aromatic carbocycles. The van der Waals surface area contributed by atoms with Crippen LogP contribution in [-0.4, -0.2) is 146 Å². The number of ether oxygens (including phenoxy) is 3. The number of pyridine rings is 2. The van der Waals surface area contributed by atoms with Crippen molar-refractivity contribution in [2.45, 2.75) is 83.1 Å².